The van der Waals surface area contributed by atoms with E-state index in [9.17, 15) is 0 Å². The molecule has 0 radical (unpaired) electrons. The number of thioether (sulfide) groups is 1. The summed E-state index contributed by atoms with van der Waals surface area (Å²) < 4.78 is 5.37. The zero-order valence-electron chi connectivity index (χ0n) is 10.1. The summed E-state index contributed by atoms with van der Waals surface area (Å²) in [4.78, 5) is 0. The molecule has 2 aromatic rings. The molecular weight excluding hydrogens is 270 g/mol. The van der Waals surface area contributed by atoms with Crippen molar-refractivity contribution in [2.24, 2.45) is 5.73 Å². The van der Waals surface area contributed by atoms with Gasteiger partial charge >= 0.3 is 0 Å². The zero-order chi connectivity index (χ0) is 13.1. The summed E-state index contributed by atoms with van der Waals surface area (Å²) in [5.41, 5.74) is 7.07. The van der Waals surface area contributed by atoms with Crippen LogP contribution in [0.25, 0.3) is 0 Å². The molecule has 6 heteroatoms. The molecule has 0 aliphatic rings. The molecule has 0 amide bonds. The molecule has 1 aromatic carbocycles. The predicted octanol–water partition coefficient (Wildman–Crippen LogP) is 3.21. The Labute approximate surface area is 115 Å². The first kappa shape index (κ1) is 13.4. The maximum absolute atomic E-state index is 6.02. The second kappa shape index (κ2) is 5.73. The van der Waals surface area contributed by atoms with Crippen LogP contribution in [-0.4, -0.2) is 16.2 Å². The van der Waals surface area contributed by atoms with E-state index in [-0.39, 0.29) is 11.3 Å². The van der Waals surface area contributed by atoms with Crippen molar-refractivity contribution in [2.45, 2.75) is 30.4 Å². The monoisotopic (exact) mass is 283 g/mol. The summed E-state index contributed by atoms with van der Waals surface area (Å²) in [7, 11) is 0. The van der Waals surface area contributed by atoms with Crippen molar-refractivity contribution in [3.05, 3.63) is 40.7 Å². The Balaban J connectivity index is 2.23. The zero-order valence-corrected chi connectivity index (χ0v) is 11.7. The van der Waals surface area contributed by atoms with Crippen LogP contribution in [0.2, 0.25) is 5.02 Å². The van der Waals surface area contributed by atoms with E-state index in [0.29, 0.717) is 16.1 Å². The Bertz CT molecular complexity index is 530. The van der Waals surface area contributed by atoms with Gasteiger partial charge in [0.1, 0.15) is 0 Å². The Hall–Kier alpha value is -1.04. The van der Waals surface area contributed by atoms with Gasteiger partial charge in [-0.2, -0.15) is 0 Å². The predicted molar refractivity (Wildman–Crippen MR) is 72.7 cm³/mol. The SMILES string of the molecule is Cc1nnc(SC(c2cccc(Cl)c2)C(C)N)o1. The van der Waals surface area contributed by atoms with Crippen molar-refractivity contribution < 1.29 is 4.42 Å². The highest BCUT2D eigenvalue weighted by Gasteiger charge is 2.20. The molecule has 0 bridgehead atoms. The van der Waals surface area contributed by atoms with Crippen LogP contribution in [0.5, 0.6) is 0 Å². The van der Waals surface area contributed by atoms with Crippen LogP contribution in [0.1, 0.15) is 23.6 Å². The third kappa shape index (κ3) is 3.25. The number of halogens is 1. The Morgan fingerprint density at radius 3 is 2.72 bits per heavy atom. The van der Waals surface area contributed by atoms with Gasteiger partial charge in [-0.15, -0.1) is 10.2 Å². The van der Waals surface area contributed by atoms with Gasteiger partial charge in [-0.1, -0.05) is 35.5 Å². The first-order valence-corrected chi connectivity index (χ1v) is 6.80. The minimum atomic E-state index is -0.0549. The average Bonchev–Trinajstić information content (AvgIpc) is 2.71. The second-order valence-corrected chi connectivity index (χ2v) is 5.57. The minimum absolute atomic E-state index is 0.0311. The van der Waals surface area contributed by atoms with Crippen molar-refractivity contribution >= 4 is 23.4 Å². The van der Waals surface area contributed by atoms with E-state index >= 15 is 0 Å². The Morgan fingerprint density at radius 2 is 2.17 bits per heavy atom. The molecule has 0 spiro atoms. The van der Waals surface area contributed by atoms with Crippen molar-refractivity contribution in [3.8, 4) is 0 Å². The molecule has 0 aliphatic carbocycles. The molecule has 0 fully saturated rings. The third-order valence-electron chi connectivity index (χ3n) is 2.39. The summed E-state index contributed by atoms with van der Waals surface area (Å²) >= 11 is 7.45. The lowest BCUT2D eigenvalue weighted by molar-refractivity contribution is 0.427. The van der Waals surface area contributed by atoms with Crippen molar-refractivity contribution in [2.75, 3.05) is 0 Å². The lowest BCUT2D eigenvalue weighted by Crippen LogP contribution is -2.22. The molecule has 0 aliphatic heterocycles. The lowest BCUT2D eigenvalue weighted by atomic mass is 10.1. The van der Waals surface area contributed by atoms with E-state index < -0.39 is 0 Å². The van der Waals surface area contributed by atoms with Crippen LogP contribution in [0.4, 0.5) is 0 Å². The maximum Gasteiger partial charge on any atom is 0.277 e. The number of nitrogens with two attached hydrogens (primary N) is 1. The molecular formula is C12H14ClN3OS. The molecule has 2 rings (SSSR count). The summed E-state index contributed by atoms with van der Waals surface area (Å²) in [6.45, 7) is 3.71. The number of nitrogens with zero attached hydrogens (tertiary/aromatic N) is 2. The maximum atomic E-state index is 6.02. The van der Waals surface area contributed by atoms with Crippen molar-refractivity contribution in [3.63, 3.8) is 0 Å². The van der Waals surface area contributed by atoms with Gasteiger partial charge in [-0.3, -0.25) is 0 Å². The molecule has 0 saturated carbocycles. The van der Waals surface area contributed by atoms with Gasteiger partial charge in [0.2, 0.25) is 5.89 Å². The molecule has 1 aromatic heterocycles. The van der Waals surface area contributed by atoms with Gasteiger partial charge in [0.15, 0.2) is 0 Å². The highest BCUT2D eigenvalue weighted by Crippen LogP contribution is 2.37. The van der Waals surface area contributed by atoms with E-state index in [1.165, 1.54) is 11.8 Å². The average molecular weight is 284 g/mol. The van der Waals surface area contributed by atoms with Gasteiger partial charge < -0.3 is 10.2 Å². The van der Waals surface area contributed by atoms with Gasteiger partial charge in [-0.05, 0) is 24.6 Å². The van der Waals surface area contributed by atoms with Crippen LogP contribution in [0.15, 0.2) is 33.9 Å². The molecule has 18 heavy (non-hydrogen) atoms. The van der Waals surface area contributed by atoms with Crippen LogP contribution < -0.4 is 5.73 Å². The smallest absolute Gasteiger partial charge is 0.277 e. The largest absolute Gasteiger partial charge is 0.416 e. The van der Waals surface area contributed by atoms with Crippen molar-refractivity contribution in [1.29, 1.82) is 0 Å². The normalized spacial score (nSPS) is 14.4. The minimum Gasteiger partial charge on any atom is -0.416 e. The molecule has 1 heterocycles. The first-order chi connectivity index (χ1) is 8.56. The Kier molecular flexibility index (Phi) is 4.27. The van der Waals surface area contributed by atoms with E-state index in [1.807, 2.05) is 31.2 Å². The number of aryl methyl sites for hydroxylation is 1. The number of benzene rings is 1. The van der Waals surface area contributed by atoms with E-state index in [0.717, 1.165) is 5.56 Å². The topological polar surface area (TPSA) is 64.9 Å². The number of rotatable bonds is 4. The standard InChI is InChI=1S/C12H14ClN3OS/c1-7(14)11(9-4-3-5-10(13)6-9)18-12-16-15-8(2)17-12/h3-7,11H,14H2,1-2H3. The van der Waals surface area contributed by atoms with Gasteiger partial charge in [0.25, 0.3) is 5.22 Å². The summed E-state index contributed by atoms with van der Waals surface area (Å²) in [6.07, 6.45) is 0. The highest BCUT2D eigenvalue weighted by molar-refractivity contribution is 7.99. The molecule has 0 saturated heterocycles. The van der Waals surface area contributed by atoms with E-state index in [1.54, 1.807) is 6.92 Å². The van der Waals surface area contributed by atoms with Crippen LogP contribution >= 0.6 is 23.4 Å². The van der Waals surface area contributed by atoms with E-state index in [4.69, 9.17) is 21.8 Å². The number of aromatic nitrogens is 2. The lowest BCUT2D eigenvalue weighted by Gasteiger charge is -2.18. The molecule has 2 atom stereocenters. The van der Waals surface area contributed by atoms with Crippen molar-refractivity contribution in [1.82, 2.24) is 10.2 Å². The summed E-state index contributed by atoms with van der Waals surface area (Å²) in [6, 6.07) is 7.60. The van der Waals surface area contributed by atoms with E-state index in [2.05, 4.69) is 10.2 Å². The van der Waals surface area contributed by atoms with Gasteiger partial charge in [0, 0.05) is 18.0 Å². The quantitative estimate of drug-likeness (QED) is 0.873. The van der Waals surface area contributed by atoms with Gasteiger partial charge in [0.05, 0.1) is 5.25 Å². The third-order valence-corrected chi connectivity index (χ3v) is 3.95. The fraction of sp³-hybridized carbons (Fsp3) is 0.333. The molecule has 4 nitrogen and oxygen atoms in total. The van der Waals surface area contributed by atoms with Crippen LogP contribution in [-0.2, 0) is 0 Å². The fourth-order valence-electron chi connectivity index (χ4n) is 1.60. The van der Waals surface area contributed by atoms with Crippen LogP contribution in [0.3, 0.4) is 0 Å². The fourth-order valence-corrected chi connectivity index (χ4v) is 2.77. The second-order valence-electron chi connectivity index (χ2n) is 4.04. The summed E-state index contributed by atoms with van der Waals surface area (Å²) in [5, 5.41) is 9.03. The molecule has 2 unspecified atom stereocenters. The Morgan fingerprint density at radius 1 is 1.39 bits per heavy atom. The first-order valence-electron chi connectivity index (χ1n) is 5.54. The highest BCUT2D eigenvalue weighted by atomic mass is 35.5. The van der Waals surface area contributed by atoms with Gasteiger partial charge in [-0.25, -0.2) is 0 Å². The number of hydrogen-bond acceptors (Lipinski definition) is 5. The van der Waals surface area contributed by atoms with Crippen LogP contribution in [0, 0.1) is 6.92 Å². The molecule has 2 N–H and O–H groups in total. The summed E-state index contributed by atoms with van der Waals surface area (Å²) in [5.74, 6) is 0.548. The molecule has 96 valence electrons. The number of hydrogen-bond donors (Lipinski definition) is 1.